The molecule has 0 aliphatic carbocycles. The summed E-state index contributed by atoms with van der Waals surface area (Å²) >= 11 is 1.08. The van der Waals surface area contributed by atoms with Crippen LogP contribution in [0, 0.1) is 0 Å². The lowest BCUT2D eigenvalue weighted by molar-refractivity contribution is -0.137. The average Bonchev–Trinajstić information content (AvgIpc) is 2.33. The molecule has 5 nitrogen and oxygen atoms in total. The minimum Gasteiger partial charge on any atom is -0.496 e. The molecule has 1 atom stereocenters. The van der Waals surface area contributed by atoms with Gasteiger partial charge in [-0.1, -0.05) is 18.2 Å². The molecule has 1 rings (SSSR count). The maximum Gasteiger partial charge on any atom is 0.313 e. The summed E-state index contributed by atoms with van der Waals surface area (Å²) in [5.74, 6) is -1.51. The van der Waals surface area contributed by atoms with Gasteiger partial charge in [0.05, 0.1) is 19.3 Å². The number of aliphatic carboxylic acids is 2. The van der Waals surface area contributed by atoms with E-state index in [4.69, 9.17) is 14.9 Å². The number of rotatable bonds is 7. The summed E-state index contributed by atoms with van der Waals surface area (Å²) in [6.07, 6.45) is -0.141. The van der Waals surface area contributed by atoms with Gasteiger partial charge in [0, 0.05) is 10.8 Å². The summed E-state index contributed by atoms with van der Waals surface area (Å²) in [7, 11) is 1.50. The topological polar surface area (TPSA) is 83.8 Å². The van der Waals surface area contributed by atoms with Crippen molar-refractivity contribution >= 4 is 23.7 Å². The van der Waals surface area contributed by atoms with Crippen LogP contribution >= 0.6 is 11.8 Å². The van der Waals surface area contributed by atoms with E-state index in [-0.39, 0.29) is 12.2 Å². The van der Waals surface area contributed by atoms with Crippen LogP contribution in [0.15, 0.2) is 24.3 Å². The lowest BCUT2D eigenvalue weighted by Gasteiger charge is -2.17. The molecule has 0 saturated heterocycles. The van der Waals surface area contributed by atoms with Gasteiger partial charge in [-0.2, -0.15) is 0 Å². The summed E-state index contributed by atoms with van der Waals surface area (Å²) < 4.78 is 5.16. The summed E-state index contributed by atoms with van der Waals surface area (Å²) in [6, 6.07) is 7.03. The Bertz CT molecular complexity index is 432. The number of para-hydroxylation sites is 1. The third-order valence-corrected chi connectivity index (χ3v) is 3.49. The first-order valence-electron chi connectivity index (χ1n) is 5.22. The highest BCUT2D eigenvalue weighted by Gasteiger charge is 2.20. The zero-order chi connectivity index (χ0) is 13.5. The molecule has 98 valence electrons. The largest absolute Gasteiger partial charge is 0.496 e. The van der Waals surface area contributed by atoms with Crippen LogP contribution in [0.5, 0.6) is 5.75 Å². The van der Waals surface area contributed by atoms with E-state index in [0.29, 0.717) is 11.3 Å². The lowest BCUT2D eigenvalue weighted by atomic mass is 10.1. The smallest absolute Gasteiger partial charge is 0.313 e. The molecular weight excluding hydrogens is 256 g/mol. The van der Waals surface area contributed by atoms with E-state index in [2.05, 4.69) is 0 Å². The van der Waals surface area contributed by atoms with Crippen LogP contribution in [0.3, 0.4) is 0 Å². The monoisotopic (exact) mass is 270 g/mol. The molecule has 0 aromatic heterocycles. The maximum absolute atomic E-state index is 10.8. The first kappa shape index (κ1) is 14.4. The second kappa shape index (κ2) is 6.90. The van der Waals surface area contributed by atoms with Gasteiger partial charge in [-0.3, -0.25) is 9.59 Å². The van der Waals surface area contributed by atoms with Crippen molar-refractivity contribution in [3.8, 4) is 5.75 Å². The molecule has 0 fully saturated rings. The Kier molecular flexibility index (Phi) is 5.51. The van der Waals surface area contributed by atoms with E-state index in [9.17, 15) is 9.59 Å². The van der Waals surface area contributed by atoms with Gasteiger partial charge < -0.3 is 14.9 Å². The highest BCUT2D eigenvalue weighted by atomic mass is 32.2. The van der Waals surface area contributed by atoms with Crippen molar-refractivity contribution in [2.45, 2.75) is 11.7 Å². The van der Waals surface area contributed by atoms with E-state index in [1.807, 2.05) is 0 Å². The van der Waals surface area contributed by atoms with Crippen molar-refractivity contribution in [1.82, 2.24) is 0 Å². The summed E-state index contributed by atoms with van der Waals surface area (Å²) in [6.45, 7) is 0. The molecule has 1 aromatic carbocycles. The molecule has 0 aliphatic rings. The molecule has 1 aromatic rings. The van der Waals surface area contributed by atoms with Crippen LogP contribution in [-0.4, -0.2) is 35.0 Å². The molecule has 1 unspecified atom stereocenters. The number of benzene rings is 1. The minimum absolute atomic E-state index is 0.141. The second-order valence-electron chi connectivity index (χ2n) is 3.53. The van der Waals surface area contributed by atoms with Crippen LogP contribution in [-0.2, 0) is 9.59 Å². The van der Waals surface area contributed by atoms with E-state index in [1.54, 1.807) is 24.3 Å². The number of ether oxygens (including phenoxy) is 1. The van der Waals surface area contributed by atoms with Gasteiger partial charge in [-0.25, -0.2) is 0 Å². The molecule has 0 bridgehead atoms. The van der Waals surface area contributed by atoms with Gasteiger partial charge in [-0.15, -0.1) is 11.8 Å². The van der Waals surface area contributed by atoms with E-state index in [0.717, 1.165) is 11.8 Å². The van der Waals surface area contributed by atoms with E-state index in [1.165, 1.54) is 7.11 Å². The molecule has 6 heteroatoms. The number of hydrogen-bond acceptors (Lipinski definition) is 4. The second-order valence-corrected chi connectivity index (χ2v) is 4.72. The average molecular weight is 270 g/mol. The molecule has 0 saturated carbocycles. The van der Waals surface area contributed by atoms with Crippen molar-refractivity contribution < 1.29 is 24.5 Å². The van der Waals surface area contributed by atoms with Gasteiger partial charge in [0.15, 0.2) is 0 Å². The van der Waals surface area contributed by atoms with Crippen LogP contribution in [0.25, 0.3) is 0 Å². The summed E-state index contributed by atoms with van der Waals surface area (Å²) in [4.78, 5) is 21.4. The summed E-state index contributed by atoms with van der Waals surface area (Å²) in [5.41, 5.74) is 0.702. The molecular formula is C12H14O5S. The minimum atomic E-state index is -0.969. The zero-order valence-electron chi connectivity index (χ0n) is 9.83. The number of carboxylic acids is 2. The fraction of sp³-hybridized carbons (Fsp3) is 0.333. The fourth-order valence-electron chi connectivity index (χ4n) is 1.52. The Morgan fingerprint density at radius 2 is 1.94 bits per heavy atom. The predicted octanol–water partition coefficient (Wildman–Crippen LogP) is 2.03. The molecule has 0 aliphatic heterocycles. The standard InChI is InChI=1S/C12H14O5S/c1-17-9-5-3-2-4-8(9)10(6-11(13)14)18-7-12(15)16/h2-5,10H,6-7H2,1H3,(H,13,14)(H,15,16). The Morgan fingerprint density at radius 1 is 1.28 bits per heavy atom. The van der Waals surface area contributed by atoms with E-state index < -0.39 is 17.2 Å². The van der Waals surface area contributed by atoms with Crippen LogP contribution in [0.1, 0.15) is 17.2 Å². The SMILES string of the molecule is COc1ccccc1C(CC(=O)O)SCC(=O)O. The van der Waals surface area contributed by atoms with Gasteiger partial charge in [-0.05, 0) is 6.07 Å². The van der Waals surface area contributed by atoms with Crippen molar-refractivity contribution in [3.05, 3.63) is 29.8 Å². The predicted molar refractivity (Wildman–Crippen MR) is 68.1 cm³/mol. The van der Waals surface area contributed by atoms with Crippen LogP contribution < -0.4 is 4.74 Å². The third-order valence-electron chi connectivity index (χ3n) is 2.25. The quantitative estimate of drug-likeness (QED) is 0.788. The van der Waals surface area contributed by atoms with Gasteiger partial charge in [0.2, 0.25) is 0 Å². The van der Waals surface area contributed by atoms with Crippen LogP contribution in [0.2, 0.25) is 0 Å². The Balaban J connectivity index is 2.92. The number of thioether (sulfide) groups is 1. The third kappa shape index (κ3) is 4.29. The van der Waals surface area contributed by atoms with Crippen molar-refractivity contribution in [3.63, 3.8) is 0 Å². The highest BCUT2D eigenvalue weighted by Crippen LogP contribution is 2.37. The number of carboxylic acid groups (broad SMARTS) is 2. The number of methoxy groups -OCH3 is 1. The molecule has 18 heavy (non-hydrogen) atoms. The molecule has 0 radical (unpaired) electrons. The molecule has 0 amide bonds. The maximum atomic E-state index is 10.8. The Morgan fingerprint density at radius 3 is 2.50 bits per heavy atom. The highest BCUT2D eigenvalue weighted by molar-refractivity contribution is 8.00. The summed E-state index contributed by atoms with van der Waals surface area (Å²) in [5, 5.41) is 17.1. The molecule has 0 spiro atoms. The first-order chi connectivity index (χ1) is 8.54. The van der Waals surface area contributed by atoms with Crippen LogP contribution in [0.4, 0.5) is 0 Å². The normalized spacial score (nSPS) is 11.8. The molecule has 0 heterocycles. The fourth-order valence-corrected chi connectivity index (χ4v) is 2.50. The van der Waals surface area contributed by atoms with E-state index >= 15 is 0 Å². The van der Waals surface area contributed by atoms with Gasteiger partial charge in [0.1, 0.15) is 5.75 Å². The van der Waals surface area contributed by atoms with Crippen molar-refractivity contribution in [1.29, 1.82) is 0 Å². The Hall–Kier alpha value is -1.69. The van der Waals surface area contributed by atoms with Crippen molar-refractivity contribution in [2.24, 2.45) is 0 Å². The van der Waals surface area contributed by atoms with Crippen molar-refractivity contribution in [2.75, 3.05) is 12.9 Å². The van der Waals surface area contributed by atoms with Gasteiger partial charge in [0.25, 0.3) is 0 Å². The van der Waals surface area contributed by atoms with Gasteiger partial charge >= 0.3 is 11.9 Å². The lowest BCUT2D eigenvalue weighted by Crippen LogP contribution is -2.08. The Labute approximate surface area is 109 Å². The number of carbonyl (C=O) groups is 2. The zero-order valence-corrected chi connectivity index (χ0v) is 10.6. The molecule has 2 N–H and O–H groups in total. The number of hydrogen-bond donors (Lipinski definition) is 2. The first-order valence-corrected chi connectivity index (χ1v) is 6.27.